The Morgan fingerprint density at radius 1 is 1.09 bits per heavy atom. The number of benzene rings is 1. The van der Waals surface area contributed by atoms with Gasteiger partial charge in [-0.3, -0.25) is 4.90 Å². The van der Waals surface area contributed by atoms with Gasteiger partial charge in [-0.2, -0.15) is 0 Å². The van der Waals surface area contributed by atoms with E-state index in [0.717, 1.165) is 32.8 Å². The zero-order valence-corrected chi connectivity index (χ0v) is 14.9. The lowest BCUT2D eigenvalue weighted by molar-refractivity contribution is 0.0375. The van der Waals surface area contributed by atoms with Crippen LogP contribution in [0, 0.1) is 13.8 Å². The number of hydrogen-bond donors (Lipinski definition) is 0. The highest BCUT2D eigenvalue weighted by molar-refractivity contribution is 5.88. The molecule has 0 atom stereocenters. The Morgan fingerprint density at radius 2 is 1.87 bits per heavy atom. The van der Waals surface area contributed by atoms with E-state index in [-0.39, 0.29) is 0 Å². The highest BCUT2D eigenvalue weighted by Gasteiger charge is 2.16. The molecule has 0 amide bonds. The average Bonchev–Trinajstić information content (AvgIpc) is 2.83. The van der Waals surface area contributed by atoms with Gasteiger partial charge in [0.25, 0.3) is 0 Å². The SMILES string of the molecule is CCCn1c(C)c(CCCN2CCOCC2)c2cccc(C)c21. The summed E-state index contributed by atoms with van der Waals surface area (Å²) in [6.07, 6.45) is 3.60. The molecule has 3 heteroatoms. The molecule has 0 N–H and O–H groups in total. The van der Waals surface area contributed by atoms with Crippen LogP contribution in [0.2, 0.25) is 0 Å². The molecule has 3 rings (SSSR count). The van der Waals surface area contributed by atoms with Gasteiger partial charge in [-0.05, 0) is 50.8 Å². The number of aryl methyl sites for hydroxylation is 3. The highest BCUT2D eigenvalue weighted by Crippen LogP contribution is 2.29. The lowest BCUT2D eigenvalue weighted by Crippen LogP contribution is -2.36. The van der Waals surface area contributed by atoms with Crippen molar-refractivity contribution in [1.29, 1.82) is 0 Å². The fourth-order valence-electron chi connectivity index (χ4n) is 3.91. The van der Waals surface area contributed by atoms with Crippen LogP contribution >= 0.6 is 0 Å². The van der Waals surface area contributed by atoms with Crippen molar-refractivity contribution < 1.29 is 4.74 Å². The number of nitrogens with zero attached hydrogens (tertiary/aromatic N) is 2. The number of hydrogen-bond acceptors (Lipinski definition) is 2. The summed E-state index contributed by atoms with van der Waals surface area (Å²) in [7, 11) is 0. The molecule has 2 aromatic rings. The zero-order valence-electron chi connectivity index (χ0n) is 14.9. The average molecular weight is 314 g/mol. The molecule has 1 saturated heterocycles. The summed E-state index contributed by atoms with van der Waals surface area (Å²) in [5.74, 6) is 0. The number of para-hydroxylation sites is 1. The molecular weight excluding hydrogens is 284 g/mol. The summed E-state index contributed by atoms with van der Waals surface area (Å²) in [6, 6.07) is 6.76. The van der Waals surface area contributed by atoms with Crippen LogP contribution in [0.3, 0.4) is 0 Å². The van der Waals surface area contributed by atoms with Crippen LogP contribution in [0.25, 0.3) is 10.9 Å². The first-order chi connectivity index (χ1) is 11.2. The van der Waals surface area contributed by atoms with Crippen LogP contribution in [0.5, 0.6) is 0 Å². The predicted molar refractivity (Wildman–Crippen MR) is 97.3 cm³/mol. The Labute approximate surface area is 140 Å². The largest absolute Gasteiger partial charge is 0.379 e. The molecule has 0 bridgehead atoms. The first-order valence-corrected chi connectivity index (χ1v) is 9.09. The summed E-state index contributed by atoms with van der Waals surface area (Å²) >= 11 is 0. The van der Waals surface area contributed by atoms with E-state index in [1.807, 2.05) is 0 Å². The van der Waals surface area contributed by atoms with Crippen LogP contribution < -0.4 is 0 Å². The van der Waals surface area contributed by atoms with Crippen LogP contribution in [-0.4, -0.2) is 42.3 Å². The van der Waals surface area contributed by atoms with Crippen molar-refractivity contribution in [3.63, 3.8) is 0 Å². The van der Waals surface area contributed by atoms with Crippen molar-refractivity contribution in [3.05, 3.63) is 35.0 Å². The van der Waals surface area contributed by atoms with Gasteiger partial charge in [0.05, 0.1) is 18.7 Å². The van der Waals surface area contributed by atoms with Gasteiger partial charge in [-0.25, -0.2) is 0 Å². The number of ether oxygens (including phenoxy) is 1. The summed E-state index contributed by atoms with van der Waals surface area (Å²) in [5.41, 5.74) is 5.88. The van der Waals surface area contributed by atoms with Gasteiger partial charge in [0.1, 0.15) is 0 Å². The molecule has 2 heterocycles. The van der Waals surface area contributed by atoms with Crippen molar-refractivity contribution >= 4 is 10.9 Å². The normalized spacial score (nSPS) is 16.3. The smallest absolute Gasteiger partial charge is 0.0594 e. The molecule has 0 spiro atoms. The fourth-order valence-corrected chi connectivity index (χ4v) is 3.91. The van der Waals surface area contributed by atoms with E-state index in [4.69, 9.17) is 4.74 Å². The van der Waals surface area contributed by atoms with E-state index in [0.29, 0.717) is 0 Å². The Balaban J connectivity index is 1.79. The van der Waals surface area contributed by atoms with Crippen LogP contribution in [0.1, 0.15) is 36.6 Å². The molecule has 1 aliphatic heterocycles. The second-order valence-corrected chi connectivity index (χ2v) is 6.74. The summed E-state index contributed by atoms with van der Waals surface area (Å²) < 4.78 is 7.98. The minimum atomic E-state index is 0.897. The molecule has 3 nitrogen and oxygen atoms in total. The minimum absolute atomic E-state index is 0.897. The van der Waals surface area contributed by atoms with Gasteiger partial charge in [0.2, 0.25) is 0 Å². The molecule has 0 aliphatic carbocycles. The van der Waals surface area contributed by atoms with Crippen molar-refractivity contribution in [2.75, 3.05) is 32.8 Å². The topological polar surface area (TPSA) is 17.4 Å². The van der Waals surface area contributed by atoms with E-state index in [1.165, 1.54) is 48.0 Å². The van der Waals surface area contributed by atoms with Gasteiger partial charge >= 0.3 is 0 Å². The Morgan fingerprint density at radius 3 is 2.61 bits per heavy atom. The number of fused-ring (bicyclic) bond motifs is 1. The maximum Gasteiger partial charge on any atom is 0.0594 e. The Kier molecular flexibility index (Phi) is 5.39. The molecule has 1 aromatic heterocycles. The number of rotatable bonds is 6. The van der Waals surface area contributed by atoms with Gasteiger partial charge in [0, 0.05) is 30.7 Å². The summed E-state index contributed by atoms with van der Waals surface area (Å²) in [6.45, 7) is 13.1. The Bertz CT molecular complexity index is 653. The van der Waals surface area contributed by atoms with Crippen molar-refractivity contribution in [3.8, 4) is 0 Å². The third-order valence-electron chi connectivity index (χ3n) is 5.13. The third kappa shape index (κ3) is 3.46. The van der Waals surface area contributed by atoms with Crippen molar-refractivity contribution in [1.82, 2.24) is 9.47 Å². The van der Waals surface area contributed by atoms with Gasteiger partial charge in [0.15, 0.2) is 0 Å². The van der Waals surface area contributed by atoms with E-state index in [9.17, 15) is 0 Å². The molecular formula is C20H30N2O. The standard InChI is InChI=1S/C20H30N2O/c1-4-10-22-17(3)18(19-8-5-7-16(2)20(19)22)9-6-11-21-12-14-23-15-13-21/h5,7-8H,4,6,9-15H2,1-3H3. The summed E-state index contributed by atoms with van der Waals surface area (Å²) in [5, 5.41) is 1.47. The molecule has 0 radical (unpaired) electrons. The van der Waals surface area contributed by atoms with Crippen molar-refractivity contribution in [2.45, 2.75) is 46.6 Å². The molecule has 126 valence electrons. The number of morpholine rings is 1. The lowest BCUT2D eigenvalue weighted by atomic mass is 10.0. The zero-order chi connectivity index (χ0) is 16.2. The molecule has 1 fully saturated rings. The van der Waals surface area contributed by atoms with Crippen LogP contribution in [-0.2, 0) is 17.7 Å². The maximum absolute atomic E-state index is 5.44. The van der Waals surface area contributed by atoms with E-state index in [1.54, 1.807) is 5.56 Å². The second kappa shape index (κ2) is 7.50. The first-order valence-electron chi connectivity index (χ1n) is 9.09. The van der Waals surface area contributed by atoms with E-state index in [2.05, 4.69) is 48.4 Å². The van der Waals surface area contributed by atoms with Crippen LogP contribution in [0.15, 0.2) is 18.2 Å². The highest BCUT2D eigenvalue weighted by atomic mass is 16.5. The molecule has 1 aliphatic rings. The van der Waals surface area contributed by atoms with Crippen molar-refractivity contribution in [2.24, 2.45) is 0 Å². The Hall–Kier alpha value is -1.32. The molecule has 23 heavy (non-hydrogen) atoms. The van der Waals surface area contributed by atoms with Crippen LogP contribution in [0.4, 0.5) is 0 Å². The molecule has 1 aromatic carbocycles. The van der Waals surface area contributed by atoms with Gasteiger partial charge < -0.3 is 9.30 Å². The van der Waals surface area contributed by atoms with E-state index >= 15 is 0 Å². The van der Waals surface area contributed by atoms with Gasteiger partial charge in [-0.15, -0.1) is 0 Å². The maximum atomic E-state index is 5.44. The third-order valence-corrected chi connectivity index (χ3v) is 5.13. The predicted octanol–water partition coefficient (Wildman–Crippen LogP) is 3.93. The second-order valence-electron chi connectivity index (χ2n) is 6.74. The lowest BCUT2D eigenvalue weighted by Gasteiger charge is -2.26. The first kappa shape index (κ1) is 16.5. The monoisotopic (exact) mass is 314 g/mol. The quantitative estimate of drug-likeness (QED) is 0.804. The number of aromatic nitrogens is 1. The molecule has 0 saturated carbocycles. The van der Waals surface area contributed by atoms with Gasteiger partial charge in [-0.1, -0.05) is 25.1 Å². The molecule has 0 unspecified atom stereocenters. The van der Waals surface area contributed by atoms with E-state index < -0.39 is 0 Å². The fraction of sp³-hybridized carbons (Fsp3) is 0.600. The minimum Gasteiger partial charge on any atom is -0.379 e. The summed E-state index contributed by atoms with van der Waals surface area (Å²) in [4.78, 5) is 2.54.